The summed E-state index contributed by atoms with van der Waals surface area (Å²) in [5.41, 5.74) is 4.02. The minimum absolute atomic E-state index is 0.00902. The van der Waals surface area contributed by atoms with Crippen molar-refractivity contribution in [1.82, 2.24) is 0 Å². The van der Waals surface area contributed by atoms with Crippen LogP contribution in [-0.2, 0) is 23.9 Å². The molecule has 3 aromatic rings. The topological polar surface area (TPSA) is 105 Å². The van der Waals surface area contributed by atoms with Crippen LogP contribution in [0.3, 0.4) is 0 Å². The third-order valence-corrected chi connectivity index (χ3v) is 5.61. The monoisotopic (exact) mass is 554 g/mol. The summed E-state index contributed by atoms with van der Waals surface area (Å²) in [7, 11) is 0. The first kappa shape index (κ1) is 30.3. The molecule has 8 heteroatoms. The highest BCUT2D eigenvalue weighted by molar-refractivity contribution is 5.97. The molecule has 0 radical (unpaired) electrons. The maximum Gasteiger partial charge on any atom is 0.342 e. The Morgan fingerprint density at radius 3 is 1.54 bits per heavy atom. The highest BCUT2D eigenvalue weighted by Crippen LogP contribution is 2.30. The Morgan fingerprint density at radius 1 is 0.561 bits per heavy atom. The fourth-order valence-corrected chi connectivity index (χ4v) is 3.38. The van der Waals surface area contributed by atoms with E-state index in [0.717, 1.165) is 16.7 Å². The summed E-state index contributed by atoms with van der Waals surface area (Å²) in [4.78, 5) is 48.3. The molecule has 0 fully saturated rings. The summed E-state index contributed by atoms with van der Waals surface area (Å²) in [5.74, 6) is -2.10. The Kier molecular flexibility index (Phi) is 10.1. The molecule has 0 aliphatic rings. The van der Waals surface area contributed by atoms with E-state index in [4.69, 9.17) is 18.9 Å². The van der Waals surface area contributed by atoms with E-state index in [1.807, 2.05) is 36.4 Å². The van der Waals surface area contributed by atoms with Crippen molar-refractivity contribution in [2.45, 2.75) is 20.8 Å². The van der Waals surface area contributed by atoms with Gasteiger partial charge in [0.25, 0.3) is 0 Å². The summed E-state index contributed by atoms with van der Waals surface area (Å²) >= 11 is 0. The van der Waals surface area contributed by atoms with Crippen molar-refractivity contribution in [3.8, 4) is 33.8 Å². The molecule has 0 bridgehead atoms. The van der Waals surface area contributed by atoms with Gasteiger partial charge in [0.1, 0.15) is 30.3 Å². The van der Waals surface area contributed by atoms with Gasteiger partial charge in [0.15, 0.2) is 0 Å². The van der Waals surface area contributed by atoms with Crippen LogP contribution in [0.5, 0.6) is 11.5 Å². The number of rotatable bonds is 11. The molecule has 3 aromatic carbocycles. The zero-order valence-corrected chi connectivity index (χ0v) is 23.2. The summed E-state index contributed by atoms with van der Waals surface area (Å²) in [6.45, 7) is 14.9. The average Bonchev–Trinajstić information content (AvgIpc) is 2.95. The van der Waals surface area contributed by atoms with Crippen LogP contribution in [0.4, 0.5) is 0 Å². The molecule has 3 rings (SSSR count). The van der Waals surface area contributed by atoms with Gasteiger partial charge in [-0.15, -0.1) is 0 Å². The fraction of sp³-hybridized carbons (Fsp3) is 0.152. The van der Waals surface area contributed by atoms with E-state index < -0.39 is 23.9 Å². The third kappa shape index (κ3) is 8.37. The van der Waals surface area contributed by atoms with Crippen molar-refractivity contribution < 1.29 is 38.1 Å². The SMILES string of the molecule is C=C(C)C(=O)OCCOC(=O)c1cc(-c2ccc(-c3ccc(OC(=O)C(=C)C)cc3)cc2)ccc1OC(=O)C(=C)C. The normalized spacial score (nSPS) is 10.2. The summed E-state index contributed by atoms with van der Waals surface area (Å²) in [6.07, 6.45) is 0. The van der Waals surface area contributed by atoms with Gasteiger partial charge in [-0.25, -0.2) is 19.2 Å². The van der Waals surface area contributed by atoms with E-state index in [1.165, 1.54) is 19.9 Å². The van der Waals surface area contributed by atoms with Crippen LogP contribution < -0.4 is 9.47 Å². The van der Waals surface area contributed by atoms with Crippen molar-refractivity contribution in [1.29, 1.82) is 0 Å². The molecular formula is C33H30O8. The highest BCUT2D eigenvalue weighted by atomic mass is 16.6. The molecule has 0 unspecified atom stereocenters. The lowest BCUT2D eigenvalue weighted by Gasteiger charge is -2.13. The molecule has 210 valence electrons. The predicted molar refractivity (Wildman–Crippen MR) is 154 cm³/mol. The molecule has 0 atom stereocenters. The van der Waals surface area contributed by atoms with Crippen LogP contribution in [0.15, 0.2) is 103 Å². The van der Waals surface area contributed by atoms with Crippen molar-refractivity contribution in [3.05, 3.63) is 109 Å². The van der Waals surface area contributed by atoms with Gasteiger partial charge in [0.2, 0.25) is 0 Å². The lowest BCUT2D eigenvalue weighted by molar-refractivity contribution is -0.140. The first-order valence-corrected chi connectivity index (χ1v) is 12.6. The number of carbonyl (C=O) groups excluding carboxylic acids is 4. The summed E-state index contributed by atoms with van der Waals surface area (Å²) in [6, 6.07) is 19.4. The van der Waals surface area contributed by atoms with Crippen molar-refractivity contribution in [2.75, 3.05) is 13.2 Å². The lowest BCUT2D eigenvalue weighted by atomic mass is 9.98. The van der Waals surface area contributed by atoms with Crippen LogP contribution >= 0.6 is 0 Å². The average molecular weight is 555 g/mol. The standard InChI is InChI=1S/C33H30O8/c1-20(2)30(34)38-17-18-39-33(37)28-19-26(13-16-29(28)41-32(36)22(5)6)25-9-7-23(8-10-25)24-11-14-27(15-12-24)40-31(35)21(3)4/h7-16,19H,1,3,5,17-18H2,2,4,6H3. The van der Waals surface area contributed by atoms with Gasteiger partial charge in [-0.3, -0.25) is 0 Å². The molecule has 0 N–H and O–H groups in total. The smallest absolute Gasteiger partial charge is 0.342 e. The number of hydrogen-bond donors (Lipinski definition) is 0. The maximum absolute atomic E-state index is 12.9. The van der Waals surface area contributed by atoms with Gasteiger partial charge in [-0.2, -0.15) is 0 Å². The molecule has 8 nitrogen and oxygen atoms in total. The zero-order chi connectivity index (χ0) is 30.1. The number of esters is 4. The van der Waals surface area contributed by atoms with E-state index in [0.29, 0.717) is 16.9 Å². The second kappa shape index (κ2) is 13.7. The third-order valence-electron chi connectivity index (χ3n) is 5.61. The molecule has 0 amide bonds. The predicted octanol–water partition coefficient (Wildman–Crippen LogP) is 6.26. The number of hydrogen-bond acceptors (Lipinski definition) is 8. The highest BCUT2D eigenvalue weighted by Gasteiger charge is 2.19. The summed E-state index contributed by atoms with van der Waals surface area (Å²) < 4.78 is 20.8. The van der Waals surface area contributed by atoms with Gasteiger partial charge < -0.3 is 18.9 Å². The first-order valence-electron chi connectivity index (χ1n) is 12.6. The number of carbonyl (C=O) groups is 4. The van der Waals surface area contributed by atoms with Crippen LogP contribution in [0.1, 0.15) is 31.1 Å². The Balaban J connectivity index is 1.80. The Morgan fingerprint density at radius 2 is 1.00 bits per heavy atom. The van der Waals surface area contributed by atoms with E-state index >= 15 is 0 Å². The zero-order valence-electron chi connectivity index (χ0n) is 23.2. The van der Waals surface area contributed by atoms with Gasteiger partial charge >= 0.3 is 23.9 Å². The second-order valence-corrected chi connectivity index (χ2v) is 9.20. The van der Waals surface area contributed by atoms with Crippen LogP contribution in [0.25, 0.3) is 22.3 Å². The minimum atomic E-state index is -0.758. The molecule has 0 aliphatic heterocycles. The molecule has 0 heterocycles. The van der Waals surface area contributed by atoms with Gasteiger partial charge in [-0.1, -0.05) is 62.2 Å². The molecule has 41 heavy (non-hydrogen) atoms. The Bertz CT molecular complexity index is 1510. The number of benzene rings is 3. The van der Waals surface area contributed by atoms with Crippen LogP contribution in [-0.4, -0.2) is 37.1 Å². The Labute approximate surface area is 238 Å². The van der Waals surface area contributed by atoms with Gasteiger partial charge in [0.05, 0.1) is 0 Å². The lowest BCUT2D eigenvalue weighted by Crippen LogP contribution is -2.16. The maximum atomic E-state index is 12.9. The Hall–Kier alpha value is -5.24. The van der Waals surface area contributed by atoms with E-state index in [9.17, 15) is 19.2 Å². The molecule has 0 saturated heterocycles. The van der Waals surface area contributed by atoms with Crippen molar-refractivity contribution in [2.24, 2.45) is 0 Å². The fourth-order valence-electron chi connectivity index (χ4n) is 3.38. The van der Waals surface area contributed by atoms with Crippen molar-refractivity contribution in [3.63, 3.8) is 0 Å². The quantitative estimate of drug-likeness (QED) is 0.118. The van der Waals surface area contributed by atoms with E-state index in [2.05, 4.69) is 19.7 Å². The van der Waals surface area contributed by atoms with Crippen LogP contribution in [0.2, 0.25) is 0 Å². The van der Waals surface area contributed by atoms with Gasteiger partial charge in [0, 0.05) is 16.7 Å². The molecule has 0 aromatic heterocycles. The molecule has 0 aliphatic carbocycles. The molecule has 0 spiro atoms. The second-order valence-electron chi connectivity index (χ2n) is 9.20. The minimum Gasteiger partial charge on any atom is -0.459 e. The van der Waals surface area contributed by atoms with Crippen LogP contribution in [0, 0.1) is 0 Å². The van der Waals surface area contributed by atoms with Gasteiger partial charge in [-0.05, 0) is 67.3 Å². The van der Waals surface area contributed by atoms with Crippen molar-refractivity contribution >= 4 is 23.9 Å². The molecule has 0 saturated carbocycles. The van der Waals surface area contributed by atoms with E-state index in [-0.39, 0.29) is 35.7 Å². The van der Waals surface area contributed by atoms with E-state index in [1.54, 1.807) is 31.2 Å². The number of ether oxygens (including phenoxy) is 4. The first-order chi connectivity index (χ1) is 19.5. The molecular weight excluding hydrogens is 524 g/mol. The summed E-state index contributed by atoms with van der Waals surface area (Å²) in [5, 5.41) is 0. The largest absolute Gasteiger partial charge is 0.459 e.